The van der Waals surface area contributed by atoms with Crippen molar-refractivity contribution >= 4 is 11.8 Å². The van der Waals surface area contributed by atoms with Gasteiger partial charge in [0.15, 0.2) is 0 Å². The number of rotatable bonds is 5. The second kappa shape index (κ2) is 8.23. The average molecular weight is 336 g/mol. The summed E-state index contributed by atoms with van der Waals surface area (Å²) in [6.07, 6.45) is -0.114. The summed E-state index contributed by atoms with van der Waals surface area (Å²) in [4.78, 5) is 25.9. The van der Waals surface area contributed by atoms with Gasteiger partial charge in [-0.15, -0.1) is 0 Å². The number of hydrogen-bond donors (Lipinski definition) is 2. The van der Waals surface area contributed by atoms with Crippen LogP contribution in [0.5, 0.6) is 0 Å². The van der Waals surface area contributed by atoms with Crippen molar-refractivity contribution < 1.29 is 24.2 Å². The second-order valence-electron chi connectivity index (χ2n) is 5.99. The number of carbonyl (C=O) groups is 2. The molecule has 7 nitrogen and oxygen atoms in total. The number of β-amino-alcohol motifs (C(OH)–C–C–N with tert-alkyl or cyclic N) is 1. The molecule has 0 spiro atoms. The van der Waals surface area contributed by atoms with Crippen LogP contribution in [0.15, 0.2) is 24.3 Å². The van der Waals surface area contributed by atoms with Gasteiger partial charge in [-0.25, -0.2) is 0 Å². The van der Waals surface area contributed by atoms with Crippen LogP contribution in [-0.4, -0.2) is 67.9 Å². The van der Waals surface area contributed by atoms with Crippen LogP contribution >= 0.6 is 0 Å². The molecule has 132 valence electrons. The normalized spacial score (nSPS) is 21.2. The maximum Gasteiger partial charge on any atom is 0.254 e. The van der Waals surface area contributed by atoms with Crippen LogP contribution in [0.25, 0.3) is 0 Å². The highest BCUT2D eigenvalue weighted by Crippen LogP contribution is 2.19. The fourth-order valence-corrected chi connectivity index (χ4v) is 2.73. The highest BCUT2D eigenvalue weighted by atomic mass is 16.5. The predicted octanol–water partition coefficient (Wildman–Crippen LogP) is 0.173. The molecule has 7 heteroatoms. The summed E-state index contributed by atoms with van der Waals surface area (Å²) in [5.41, 5.74) is 0.0277. The number of amides is 2. The zero-order valence-corrected chi connectivity index (χ0v) is 14.1. The van der Waals surface area contributed by atoms with E-state index in [9.17, 15) is 14.7 Å². The zero-order valence-electron chi connectivity index (χ0n) is 14.1. The van der Waals surface area contributed by atoms with Gasteiger partial charge in [-0.05, 0) is 17.7 Å². The summed E-state index contributed by atoms with van der Waals surface area (Å²) < 4.78 is 10.5. The number of carbonyl (C=O) groups excluding carboxylic acids is 2. The molecule has 1 heterocycles. The third kappa shape index (κ3) is 4.77. The minimum absolute atomic E-state index is 0.0217. The van der Waals surface area contributed by atoms with Gasteiger partial charge in [0.1, 0.15) is 5.60 Å². The summed E-state index contributed by atoms with van der Waals surface area (Å²) in [5.74, 6) is -0.494. The van der Waals surface area contributed by atoms with Crippen LogP contribution in [0, 0.1) is 0 Å². The topological polar surface area (TPSA) is 88.1 Å². The summed E-state index contributed by atoms with van der Waals surface area (Å²) in [6, 6.07) is 7.18. The van der Waals surface area contributed by atoms with Gasteiger partial charge < -0.3 is 24.8 Å². The highest BCUT2D eigenvalue weighted by molar-refractivity contribution is 5.94. The standard InChI is InChI=1S/C17H24N2O5/c1-18-15(20)9-17(22)11-19(6-7-24-12-17)16(21)14-5-3-4-13(8-14)10-23-2/h3-5,8,22H,6-7,9-12H2,1-2H3,(H,18,20)/t17-/m0/s1. The van der Waals surface area contributed by atoms with E-state index in [2.05, 4.69) is 5.32 Å². The summed E-state index contributed by atoms with van der Waals surface area (Å²) >= 11 is 0. The number of ether oxygens (including phenoxy) is 2. The first-order valence-corrected chi connectivity index (χ1v) is 7.85. The third-order valence-corrected chi connectivity index (χ3v) is 3.90. The molecule has 0 radical (unpaired) electrons. The Hall–Kier alpha value is -1.96. The van der Waals surface area contributed by atoms with Crippen molar-refractivity contribution in [1.29, 1.82) is 0 Å². The largest absolute Gasteiger partial charge is 0.385 e. The highest BCUT2D eigenvalue weighted by Gasteiger charge is 2.36. The monoisotopic (exact) mass is 336 g/mol. The first-order valence-electron chi connectivity index (χ1n) is 7.85. The number of benzene rings is 1. The van der Waals surface area contributed by atoms with Gasteiger partial charge in [0.25, 0.3) is 5.91 Å². The van der Waals surface area contributed by atoms with E-state index in [-0.39, 0.29) is 31.4 Å². The third-order valence-electron chi connectivity index (χ3n) is 3.90. The molecule has 0 aliphatic carbocycles. The van der Waals surface area contributed by atoms with E-state index in [1.807, 2.05) is 6.07 Å². The molecule has 0 aromatic heterocycles. The molecule has 1 aromatic carbocycles. The molecule has 0 saturated carbocycles. The SMILES string of the molecule is CNC(=O)C[C@@]1(O)COCCN(C(=O)c2cccc(COC)c2)C1. The van der Waals surface area contributed by atoms with E-state index in [1.165, 1.54) is 11.9 Å². The van der Waals surface area contributed by atoms with E-state index in [1.54, 1.807) is 25.3 Å². The maximum atomic E-state index is 12.8. The molecule has 1 aromatic rings. The van der Waals surface area contributed by atoms with E-state index in [0.29, 0.717) is 25.3 Å². The molecule has 0 unspecified atom stereocenters. The van der Waals surface area contributed by atoms with Crippen LogP contribution in [0.2, 0.25) is 0 Å². The number of nitrogens with one attached hydrogen (secondary N) is 1. The lowest BCUT2D eigenvalue weighted by Crippen LogP contribution is -2.49. The molecule has 1 aliphatic rings. The lowest BCUT2D eigenvalue weighted by Gasteiger charge is -2.30. The predicted molar refractivity (Wildman–Crippen MR) is 87.5 cm³/mol. The van der Waals surface area contributed by atoms with E-state index < -0.39 is 5.60 Å². The second-order valence-corrected chi connectivity index (χ2v) is 5.99. The quantitative estimate of drug-likeness (QED) is 0.800. The van der Waals surface area contributed by atoms with Gasteiger partial charge in [0, 0.05) is 26.3 Å². The zero-order chi connectivity index (χ0) is 17.6. The molecule has 1 fully saturated rings. The Morgan fingerprint density at radius 3 is 2.96 bits per heavy atom. The molecule has 2 rings (SSSR count). The van der Waals surface area contributed by atoms with Gasteiger partial charge in [0.05, 0.1) is 32.8 Å². The molecule has 1 atom stereocenters. The van der Waals surface area contributed by atoms with Crippen molar-refractivity contribution in [2.75, 3.05) is 40.5 Å². The van der Waals surface area contributed by atoms with E-state index in [4.69, 9.17) is 9.47 Å². The summed E-state index contributed by atoms with van der Waals surface area (Å²) in [5, 5.41) is 13.1. The fraction of sp³-hybridized carbons (Fsp3) is 0.529. The molecule has 2 amide bonds. The van der Waals surface area contributed by atoms with Crippen molar-refractivity contribution in [3.63, 3.8) is 0 Å². The number of hydrogen-bond acceptors (Lipinski definition) is 5. The lowest BCUT2D eigenvalue weighted by atomic mass is 9.99. The van der Waals surface area contributed by atoms with Gasteiger partial charge in [-0.2, -0.15) is 0 Å². The smallest absolute Gasteiger partial charge is 0.254 e. The Kier molecular flexibility index (Phi) is 6.30. The molecule has 24 heavy (non-hydrogen) atoms. The Morgan fingerprint density at radius 1 is 1.46 bits per heavy atom. The van der Waals surface area contributed by atoms with Crippen molar-refractivity contribution in [3.05, 3.63) is 35.4 Å². The maximum absolute atomic E-state index is 12.8. The fourth-order valence-electron chi connectivity index (χ4n) is 2.73. The van der Waals surface area contributed by atoms with Gasteiger partial charge >= 0.3 is 0 Å². The number of aliphatic hydroxyl groups is 1. The van der Waals surface area contributed by atoms with Crippen LogP contribution in [0.3, 0.4) is 0 Å². The minimum atomic E-state index is -1.39. The first-order chi connectivity index (χ1) is 11.5. The number of methoxy groups -OCH3 is 1. The molecular formula is C17H24N2O5. The van der Waals surface area contributed by atoms with E-state index >= 15 is 0 Å². The van der Waals surface area contributed by atoms with Gasteiger partial charge in [-0.3, -0.25) is 9.59 Å². The Bertz CT molecular complexity index is 592. The van der Waals surface area contributed by atoms with Crippen molar-refractivity contribution in [2.45, 2.75) is 18.6 Å². The minimum Gasteiger partial charge on any atom is -0.385 e. The number of nitrogens with zero attached hydrogens (tertiary/aromatic N) is 1. The van der Waals surface area contributed by atoms with Crippen LogP contribution < -0.4 is 5.32 Å². The van der Waals surface area contributed by atoms with E-state index in [0.717, 1.165) is 5.56 Å². The van der Waals surface area contributed by atoms with Crippen molar-refractivity contribution in [2.24, 2.45) is 0 Å². The van der Waals surface area contributed by atoms with Crippen LogP contribution in [-0.2, 0) is 20.9 Å². The summed E-state index contributed by atoms with van der Waals surface area (Å²) in [7, 11) is 3.10. The Morgan fingerprint density at radius 2 is 2.25 bits per heavy atom. The summed E-state index contributed by atoms with van der Waals surface area (Å²) in [6.45, 7) is 1.18. The Balaban J connectivity index is 2.15. The van der Waals surface area contributed by atoms with Crippen LogP contribution in [0.1, 0.15) is 22.3 Å². The Labute approximate surface area is 141 Å². The molecule has 1 saturated heterocycles. The lowest BCUT2D eigenvalue weighted by molar-refractivity contribution is -0.128. The molecule has 0 bridgehead atoms. The van der Waals surface area contributed by atoms with Crippen molar-refractivity contribution in [1.82, 2.24) is 10.2 Å². The molecule has 1 aliphatic heterocycles. The first kappa shape index (κ1) is 18.4. The van der Waals surface area contributed by atoms with Gasteiger partial charge in [0.2, 0.25) is 5.91 Å². The van der Waals surface area contributed by atoms with Gasteiger partial charge in [-0.1, -0.05) is 12.1 Å². The average Bonchev–Trinajstić information content (AvgIpc) is 2.76. The molecular weight excluding hydrogens is 312 g/mol. The van der Waals surface area contributed by atoms with Crippen molar-refractivity contribution in [3.8, 4) is 0 Å². The van der Waals surface area contributed by atoms with Crippen LogP contribution in [0.4, 0.5) is 0 Å². The molecule has 2 N–H and O–H groups in total.